The number of amides is 1. The molecule has 1 fully saturated rings. The maximum atomic E-state index is 12.9. The van der Waals surface area contributed by atoms with Crippen LogP contribution in [0.3, 0.4) is 0 Å². The van der Waals surface area contributed by atoms with Crippen molar-refractivity contribution in [3.8, 4) is 0 Å². The van der Waals surface area contributed by atoms with Gasteiger partial charge in [-0.2, -0.15) is 0 Å². The zero-order valence-corrected chi connectivity index (χ0v) is 34.2. The second kappa shape index (κ2) is 33.9. The summed E-state index contributed by atoms with van der Waals surface area (Å²) in [6.07, 6.45) is 23.6. The Labute approximate surface area is 328 Å². The van der Waals surface area contributed by atoms with Crippen LogP contribution in [0, 0.1) is 0 Å². The second-order valence-electron chi connectivity index (χ2n) is 15.8. The van der Waals surface area contributed by atoms with Crippen LogP contribution in [0.15, 0.2) is 12.2 Å². The van der Waals surface area contributed by atoms with E-state index >= 15 is 0 Å². The zero-order chi connectivity index (χ0) is 39.8. The van der Waals surface area contributed by atoms with Crippen LogP contribution in [0.5, 0.6) is 0 Å². The van der Waals surface area contributed by atoms with Crippen molar-refractivity contribution in [2.24, 2.45) is 0 Å². The van der Waals surface area contributed by atoms with E-state index in [-0.39, 0.29) is 6.42 Å². The smallest absolute Gasteiger partial charge is 0.249 e. The van der Waals surface area contributed by atoms with Gasteiger partial charge in [-0.1, -0.05) is 161 Å². The predicted octanol–water partition coefficient (Wildman–Crippen LogP) is 6.50. The molecule has 8 N–H and O–H groups in total. The highest BCUT2D eigenvalue weighted by atomic mass is 16.7. The zero-order valence-electron chi connectivity index (χ0n) is 34.2. The molecule has 54 heavy (non-hydrogen) atoms. The van der Waals surface area contributed by atoms with Gasteiger partial charge in [-0.3, -0.25) is 4.79 Å². The highest BCUT2D eigenvalue weighted by Gasteiger charge is 2.44. The van der Waals surface area contributed by atoms with Crippen LogP contribution in [0.25, 0.3) is 0 Å². The molecular formula is C43H83NO10. The molecule has 1 rings (SSSR count). The molecule has 1 aliphatic rings. The largest absolute Gasteiger partial charge is 0.394 e. The number of carbonyl (C=O) groups is 1. The van der Waals surface area contributed by atoms with Crippen LogP contribution in [0.4, 0.5) is 0 Å². The van der Waals surface area contributed by atoms with Crippen LogP contribution >= 0.6 is 0 Å². The molecule has 11 nitrogen and oxygen atoms in total. The van der Waals surface area contributed by atoms with Gasteiger partial charge in [-0.25, -0.2) is 0 Å². The third kappa shape index (κ3) is 23.8. The molecule has 0 spiro atoms. The van der Waals surface area contributed by atoms with E-state index in [4.69, 9.17) is 9.47 Å². The van der Waals surface area contributed by atoms with Crippen LogP contribution in [-0.4, -0.2) is 110 Å². The summed E-state index contributed by atoms with van der Waals surface area (Å²) >= 11 is 0. The Morgan fingerprint density at radius 2 is 1.07 bits per heavy atom. The molecular weight excluding hydrogens is 690 g/mol. The molecule has 1 aliphatic heterocycles. The first-order chi connectivity index (χ1) is 26.2. The number of ether oxygens (including phenoxy) is 2. The number of rotatable bonds is 36. The Morgan fingerprint density at radius 1 is 0.630 bits per heavy atom. The molecule has 0 aromatic heterocycles. The normalized spacial score (nSPS) is 22.7. The average molecular weight is 774 g/mol. The van der Waals surface area contributed by atoms with Crippen molar-refractivity contribution >= 4 is 5.91 Å². The summed E-state index contributed by atoms with van der Waals surface area (Å²) in [5.41, 5.74) is 0. The minimum absolute atomic E-state index is 0.256. The summed E-state index contributed by atoms with van der Waals surface area (Å²) in [5, 5.41) is 74.7. The van der Waals surface area contributed by atoms with Crippen LogP contribution in [0.2, 0.25) is 0 Å². The van der Waals surface area contributed by atoms with Gasteiger partial charge >= 0.3 is 0 Å². The highest BCUT2D eigenvalue weighted by molar-refractivity contribution is 5.80. The monoisotopic (exact) mass is 774 g/mol. The standard InChI is InChI=1S/C43H83NO10/c1-3-5-7-9-10-11-12-13-14-15-16-17-18-19-20-21-22-23-24-25-26-27-29-31-36(47)42(52)44-34(38(48)35(46)30-28-8-6-4-2)33-53-43-41(51)40(50)39(49)37(32-45)54-43/h19-20,34-41,43,45-51H,3-18,21-33H2,1-2H3,(H,44,52)/b20-19-. The molecule has 0 radical (unpaired) electrons. The van der Waals surface area contributed by atoms with Crippen molar-refractivity contribution in [3.05, 3.63) is 12.2 Å². The van der Waals surface area contributed by atoms with E-state index in [0.717, 1.165) is 44.9 Å². The third-order valence-electron chi connectivity index (χ3n) is 10.8. The van der Waals surface area contributed by atoms with E-state index in [1.54, 1.807) is 0 Å². The van der Waals surface area contributed by atoms with Crippen molar-refractivity contribution in [1.82, 2.24) is 5.32 Å². The van der Waals surface area contributed by atoms with E-state index in [9.17, 15) is 40.5 Å². The first kappa shape index (κ1) is 50.9. The molecule has 1 amide bonds. The maximum Gasteiger partial charge on any atom is 0.249 e. The van der Waals surface area contributed by atoms with Crippen molar-refractivity contribution in [2.45, 2.75) is 242 Å². The third-order valence-corrected chi connectivity index (χ3v) is 10.8. The number of aliphatic hydroxyl groups excluding tert-OH is 7. The Hall–Kier alpha value is -1.15. The molecule has 11 heteroatoms. The van der Waals surface area contributed by atoms with Crippen molar-refractivity contribution in [1.29, 1.82) is 0 Å². The minimum atomic E-state index is -1.66. The average Bonchev–Trinajstić information content (AvgIpc) is 3.17. The summed E-state index contributed by atoms with van der Waals surface area (Å²) in [6.45, 7) is 3.28. The first-order valence-electron chi connectivity index (χ1n) is 22.1. The lowest BCUT2D eigenvalue weighted by atomic mass is 9.98. The molecule has 0 bridgehead atoms. The van der Waals surface area contributed by atoms with Gasteiger partial charge in [0.1, 0.15) is 36.6 Å². The van der Waals surface area contributed by atoms with E-state index in [1.165, 1.54) is 103 Å². The van der Waals surface area contributed by atoms with E-state index < -0.39 is 74.2 Å². The predicted molar refractivity (Wildman–Crippen MR) is 215 cm³/mol. The SMILES string of the molecule is CCCCCCCCCCCCCC/C=C\CCCCCCCCCC(O)C(=O)NC(COC1OC(CO)C(O)C(O)C1O)C(O)C(O)CCCCCC. The lowest BCUT2D eigenvalue weighted by Crippen LogP contribution is -2.60. The number of aliphatic hydroxyl groups is 7. The summed E-state index contributed by atoms with van der Waals surface area (Å²) in [4.78, 5) is 12.9. The molecule has 9 atom stereocenters. The van der Waals surface area contributed by atoms with Gasteiger partial charge in [0.15, 0.2) is 6.29 Å². The number of nitrogens with one attached hydrogen (secondary N) is 1. The van der Waals surface area contributed by atoms with E-state index in [1.807, 2.05) is 0 Å². The fourth-order valence-electron chi connectivity index (χ4n) is 7.08. The first-order valence-corrected chi connectivity index (χ1v) is 22.1. The van der Waals surface area contributed by atoms with Gasteiger partial charge in [-0.15, -0.1) is 0 Å². The number of hydrogen-bond acceptors (Lipinski definition) is 10. The lowest BCUT2D eigenvalue weighted by Gasteiger charge is -2.40. The minimum Gasteiger partial charge on any atom is -0.394 e. The molecule has 0 aromatic carbocycles. The summed E-state index contributed by atoms with van der Waals surface area (Å²) in [7, 11) is 0. The van der Waals surface area contributed by atoms with Gasteiger partial charge < -0.3 is 50.5 Å². The molecule has 0 saturated carbocycles. The Kier molecular flexibility index (Phi) is 32.0. The number of carbonyl (C=O) groups excluding carboxylic acids is 1. The van der Waals surface area contributed by atoms with Crippen molar-refractivity contribution in [2.75, 3.05) is 13.2 Å². The molecule has 320 valence electrons. The Balaban J connectivity index is 2.26. The van der Waals surface area contributed by atoms with Crippen LogP contribution in [0.1, 0.15) is 187 Å². The Bertz CT molecular complexity index is 892. The van der Waals surface area contributed by atoms with E-state index in [2.05, 4.69) is 31.3 Å². The molecule has 0 aromatic rings. The van der Waals surface area contributed by atoms with Crippen molar-refractivity contribution < 1.29 is 50.0 Å². The molecule has 0 aliphatic carbocycles. The van der Waals surface area contributed by atoms with Gasteiger partial charge in [0.2, 0.25) is 5.91 Å². The number of unbranched alkanes of at least 4 members (excludes halogenated alkanes) is 22. The fraction of sp³-hybridized carbons (Fsp3) is 0.930. The summed E-state index contributed by atoms with van der Waals surface area (Å²) < 4.78 is 11.0. The van der Waals surface area contributed by atoms with Crippen LogP contribution < -0.4 is 5.32 Å². The molecule has 9 unspecified atom stereocenters. The Morgan fingerprint density at radius 3 is 1.57 bits per heavy atom. The van der Waals surface area contributed by atoms with E-state index in [0.29, 0.717) is 19.3 Å². The van der Waals surface area contributed by atoms with Crippen molar-refractivity contribution in [3.63, 3.8) is 0 Å². The molecule has 1 saturated heterocycles. The van der Waals surface area contributed by atoms with Gasteiger partial charge in [-0.05, 0) is 38.5 Å². The highest BCUT2D eigenvalue weighted by Crippen LogP contribution is 2.23. The topological polar surface area (TPSA) is 189 Å². The summed E-state index contributed by atoms with van der Waals surface area (Å²) in [5.74, 6) is -0.707. The quantitative estimate of drug-likeness (QED) is 0.0258. The number of hydrogen-bond donors (Lipinski definition) is 8. The second-order valence-corrected chi connectivity index (χ2v) is 15.8. The number of allylic oxidation sites excluding steroid dienone is 2. The maximum absolute atomic E-state index is 12.9. The molecule has 1 heterocycles. The van der Waals surface area contributed by atoms with Gasteiger partial charge in [0, 0.05) is 0 Å². The van der Waals surface area contributed by atoms with Gasteiger partial charge in [0.25, 0.3) is 0 Å². The lowest BCUT2D eigenvalue weighted by molar-refractivity contribution is -0.303. The summed E-state index contributed by atoms with van der Waals surface area (Å²) in [6, 6.07) is -1.16. The van der Waals surface area contributed by atoms with Gasteiger partial charge in [0.05, 0.1) is 25.4 Å². The fourth-order valence-corrected chi connectivity index (χ4v) is 7.08. The van der Waals surface area contributed by atoms with Crippen LogP contribution in [-0.2, 0) is 14.3 Å².